The molecule has 0 aliphatic carbocycles. The molecule has 0 aromatic carbocycles. The number of halogens is 1. The Labute approximate surface area is 77.1 Å². The van der Waals surface area contributed by atoms with Crippen LogP contribution in [0, 0.1) is 12.3 Å². The van der Waals surface area contributed by atoms with E-state index in [0.29, 0.717) is 4.60 Å². The number of carbonyl (C=O) groups is 1. The van der Waals surface area contributed by atoms with Gasteiger partial charge < -0.3 is 4.74 Å². The molecule has 5 heteroatoms. The van der Waals surface area contributed by atoms with E-state index in [1.54, 1.807) is 5.92 Å². The van der Waals surface area contributed by atoms with Gasteiger partial charge in [0.05, 0.1) is 12.4 Å². The Balaban J connectivity index is 2.73. The highest BCUT2D eigenvalue weighted by atomic mass is 79.9. The summed E-state index contributed by atoms with van der Waals surface area (Å²) in [6.07, 6.45) is 7.46. The third-order valence-corrected chi connectivity index (χ3v) is 1.32. The molecule has 0 saturated heterocycles. The van der Waals surface area contributed by atoms with E-state index in [0.717, 1.165) is 0 Å². The van der Waals surface area contributed by atoms with Crippen molar-refractivity contribution >= 4 is 21.9 Å². The molecule has 0 fully saturated rings. The summed E-state index contributed by atoms with van der Waals surface area (Å²) in [6, 6.07) is 0. The molecule has 0 radical (unpaired) electrons. The van der Waals surface area contributed by atoms with Crippen molar-refractivity contribution in [2.45, 2.75) is 0 Å². The van der Waals surface area contributed by atoms with Crippen molar-refractivity contribution in [1.82, 2.24) is 9.97 Å². The zero-order chi connectivity index (χ0) is 8.97. The number of terminal acetylenes is 1. The largest absolute Gasteiger partial charge is 0.396 e. The van der Waals surface area contributed by atoms with Crippen molar-refractivity contribution in [3.63, 3.8) is 0 Å². The van der Waals surface area contributed by atoms with Crippen molar-refractivity contribution in [2.24, 2.45) is 0 Å². The van der Waals surface area contributed by atoms with Crippen molar-refractivity contribution in [3.8, 4) is 18.2 Å². The van der Waals surface area contributed by atoms with Crippen LogP contribution in [0.2, 0.25) is 0 Å². The van der Waals surface area contributed by atoms with Gasteiger partial charge in [0.15, 0.2) is 0 Å². The van der Waals surface area contributed by atoms with Crippen LogP contribution in [0.25, 0.3) is 0 Å². The fourth-order valence-electron chi connectivity index (χ4n) is 0.478. The molecular formula is C7H3BrN2O2. The Kier molecular flexibility index (Phi) is 2.77. The monoisotopic (exact) mass is 226 g/mol. The summed E-state index contributed by atoms with van der Waals surface area (Å²) in [5.41, 5.74) is 0. The second-order valence-corrected chi connectivity index (χ2v) is 2.52. The van der Waals surface area contributed by atoms with Gasteiger partial charge in [-0.3, -0.25) is 0 Å². The summed E-state index contributed by atoms with van der Waals surface area (Å²) in [5, 5.41) is 0. The fraction of sp³-hybridized carbons (Fsp3) is 0. The summed E-state index contributed by atoms with van der Waals surface area (Å²) in [5.74, 6) is 1.09. The molecule has 0 N–H and O–H groups in total. The van der Waals surface area contributed by atoms with Gasteiger partial charge in [0.1, 0.15) is 4.60 Å². The lowest BCUT2D eigenvalue weighted by atomic mass is 10.7. The molecule has 1 rings (SSSR count). The second-order valence-electron chi connectivity index (χ2n) is 1.71. The van der Waals surface area contributed by atoms with Gasteiger partial charge in [-0.15, -0.1) is 6.42 Å². The fourth-order valence-corrected chi connectivity index (χ4v) is 0.682. The number of esters is 1. The molecule has 0 unspecified atom stereocenters. The van der Waals surface area contributed by atoms with E-state index in [1.807, 2.05) is 0 Å². The maximum atomic E-state index is 10.5. The van der Waals surface area contributed by atoms with Crippen LogP contribution in [0.1, 0.15) is 0 Å². The van der Waals surface area contributed by atoms with E-state index >= 15 is 0 Å². The van der Waals surface area contributed by atoms with E-state index in [9.17, 15) is 4.79 Å². The molecule has 1 aromatic heterocycles. The minimum atomic E-state index is -0.786. The zero-order valence-electron chi connectivity index (χ0n) is 5.82. The SMILES string of the molecule is C#CC(=O)Oc1cnc(Br)cn1. The zero-order valence-corrected chi connectivity index (χ0v) is 7.41. The van der Waals surface area contributed by atoms with Crippen LogP contribution in [0.3, 0.4) is 0 Å². The lowest BCUT2D eigenvalue weighted by Gasteiger charge is -1.96. The highest BCUT2D eigenvalue weighted by Crippen LogP contribution is 2.07. The first-order valence-electron chi connectivity index (χ1n) is 2.88. The quantitative estimate of drug-likeness (QED) is 0.404. The van der Waals surface area contributed by atoms with Gasteiger partial charge in [0, 0.05) is 5.92 Å². The molecule has 0 spiro atoms. The summed E-state index contributed by atoms with van der Waals surface area (Å²) < 4.78 is 5.11. The normalized spacial score (nSPS) is 8.67. The third kappa shape index (κ3) is 2.32. The Morgan fingerprint density at radius 1 is 1.58 bits per heavy atom. The predicted molar refractivity (Wildman–Crippen MR) is 44.2 cm³/mol. The minimum absolute atomic E-state index is 0.0844. The van der Waals surface area contributed by atoms with E-state index in [-0.39, 0.29) is 5.88 Å². The maximum Gasteiger partial charge on any atom is 0.390 e. The standard InChI is InChI=1S/C7H3BrN2O2/c1-2-7(11)12-6-4-9-5(8)3-10-6/h1,3-4H. The predicted octanol–water partition coefficient (Wildman–Crippen LogP) is 0.778. The molecule has 0 atom stereocenters. The number of hydrogen-bond donors (Lipinski definition) is 0. The lowest BCUT2D eigenvalue weighted by Crippen LogP contribution is -2.05. The summed E-state index contributed by atoms with van der Waals surface area (Å²) in [6.45, 7) is 0. The number of carbonyl (C=O) groups excluding carboxylic acids is 1. The molecule has 12 heavy (non-hydrogen) atoms. The third-order valence-electron chi connectivity index (χ3n) is 0.912. The Morgan fingerprint density at radius 2 is 2.33 bits per heavy atom. The second kappa shape index (κ2) is 3.83. The van der Waals surface area contributed by atoms with Crippen LogP contribution >= 0.6 is 15.9 Å². The highest BCUT2D eigenvalue weighted by Gasteiger charge is 2.00. The van der Waals surface area contributed by atoms with Crippen LogP contribution < -0.4 is 4.74 Å². The van der Waals surface area contributed by atoms with Crippen molar-refractivity contribution in [1.29, 1.82) is 0 Å². The molecule has 0 aliphatic heterocycles. The molecule has 4 nitrogen and oxygen atoms in total. The topological polar surface area (TPSA) is 52.1 Å². The molecule has 1 aromatic rings. The molecule has 0 bridgehead atoms. The van der Waals surface area contributed by atoms with Crippen LogP contribution in [0.15, 0.2) is 17.0 Å². The number of aromatic nitrogens is 2. The average molecular weight is 227 g/mol. The first-order chi connectivity index (χ1) is 5.72. The van der Waals surface area contributed by atoms with Gasteiger partial charge in [0.25, 0.3) is 0 Å². The minimum Gasteiger partial charge on any atom is -0.396 e. The molecule has 0 aliphatic rings. The van der Waals surface area contributed by atoms with Gasteiger partial charge in [-0.05, 0) is 15.9 Å². The molecule has 60 valence electrons. The summed E-state index contributed by atoms with van der Waals surface area (Å²) in [4.78, 5) is 18.0. The Bertz CT molecular complexity index is 328. The number of rotatable bonds is 1. The first kappa shape index (κ1) is 8.68. The Morgan fingerprint density at radius 3 is 2.83 bits per heavy atom. The molecular weight excluding hydrogens is 224 g/mol. The van der Waals surface area contributed by atoms with Crippen molar-refractivity contribution < 1.29 is 9.53 Å². The highest BCUT2D eigenvalue weighted by molar-refractivity contribution is 9.10. The molecule has 1 heterocycles. The number of ether oxygens (including phenoxy) is 1. The van der Waals surface area contributed by atoms with Gasteiger partial charge in [-0.1, -0.05) is 0 Å². The van der Waals surface area contributed by atoms with E-state index in [2.05, 4.69) is 30.6 Å². The van der Waals surface area contributed by atoms with Crippen LogP contribution in [0.4, 0.5) is 0 Å². The smallest absolute Gasteiger partial charge is 0.390 e. The van der Waals surface area contributed by atoms with E-state index in [1.165, 1.54) is 12.4 Å². The molecule has 0 amide bonds. The number of nitrogens with zero attached hydrogens (tertiary/aromatic N) is 2. The summed E-state index contributed by atoms with van der Waals surface area (Å²) >= 11 is 3.07. The van der Waals surface area contributed by atoms with Crippen LogP contribution in [-0.4, -0.2) is 15.9 Å². The van der Waals surface area contributed by atoms with Crippen molar-refractivity contribution in [3.05, 3.63) is 17.0 Å². The lowest BCUT2D eigenvalue weighted by molar-refractivity contribution is -0.128. The summed E-state index contributed by atoms with van der Waals surface area (Å²) in [7, 11) is 0. The Hall–Kier alpha value is -1.41. The van der Waals surface area contributed by atoms with E-state index in [4.69, 9.17) is 6.42 Å². The van der Waals surface area contributed by atoms with Gasteiger partial charge in [-0.25, -0.2) is 14.8 Å². The number of hydrogen-bond acceptors (Lipinski definition) is 4. The van der Waals surface area contributed by atoms with Gasteiger partial charge in [-0.2, -0.15) is 0 Å². The van der Waals surface area contributed by atoms with Gasteiger partial charge in [0.2, 0.25) is 5.88 Å². The van der Waals surface area contributed by atoms with Crippen LogP contribution in [0.5, 0.6) is 5.88 Å². The van der Waals surface area contributed by atoms with Crippen molar-refractivity contribution in [2.75, 3.05) is 0 Å². The van der Waals surface area contributed by atoms with E-state index < -0.39 is 5.97 Å². The van der Waals surface area contributed by atoms with Crippen LogP contribution in [-0.2, 0) is 4.79 Å². The molecule has 0 saturated carbocycles. The first-order valence-corrected chi connectivity index (χ1v) is 3.67. The average Bonchev–Trinajstić information content (AvgIpc) is 2.09. The van der Waals surface area contributed by atoms with Gasteiger partial charge >= 0.3 is 5.97 Å². The maximum absolute atomic E-state index is 10.5.